The van der Waals surface area contributed by atoms with E-state index in [2.05, 4.69) is 179 Å². The maximum absolute atomic E-state index is 4.58. The highest BCUT2D eigenvalue weighted by Gasteiger charge is 2.46. The van der Waals surface area contributed by atoms with Gasteiger partial charge in [-0.25, -0.2) is 0 Å². The van der Waals surface area contributed by atoms with Crippen LogP contribution in [-0.4, -0.2) is 9.38 Å². The van der Waals surface area contributed by atoms with Crippen LogP contribution in [0.2, 0.25) is 0 Å². The zero-order valence-corrected chi connectivity index (χ0v) is 28.4. The molecule has 0 atom stereocenters. The van der Waals surface area contributed by atoms with E-state index in [9.17, 15) is 0 Å². The molecule has 0 spiro atoms. The number of nitrogens with zero attached hydrogens (tertiary/aromatic N) is 2. The molecule has 238 valence electrons. The van der Waals surface area contributed by atoms with Crippen LogP contribution < -0.4 is 0 Å². The Bertz CT molecular complexity index is 2800. The monoisotopic (exact) mass is 666 g/mol. The van der Waals surface area contributed by atoms with Crippen molar-refractivity contribution in [2.24, 2.45) is 0 Å². The van der Waals surface area contributed by atoms with E-state index in [1.807, 2.05) is 24.2 Å². The highest BCUT2D eigenvalue weighted by Crippen LogP contribution is 2.56. The molecule has 10 aromatic rings. The number of rotatable bonds is 5. The Balaban J connectivity index is 1.01. The van der Waals surface area contributed by atoms with E-state index in [1.165, 1.54) is 92.4 Å². The summed E-state index contributed by atoms with van der Waals surface area (Å²) in [6.07, 6.45) is 3.97. The van der Waals surface area contributed by atoms with Gasteiger partial charge in [0, 0.05) is 49.3 Å². The number of pyridine rings is 1. The molecule has 2 nitrogen and oxygen atoms in total. The van der Waals surface area contributed by atoms with Crippen molar-refractivity contribution in [1.29, 1.82) is 0 Å². The van der Waals surface area contributed by atoms with Gasteiger partial charge in [-0.2, -0.15) is 0 Å². The molecule has 11 rings (SSSR count). The fourth-order valence-electron chi connectivity index (χ4n) is 8.85. The number of hydrogen-bond acceptors (Lipinski definition) is 2. The zero-order valence-electron chi connectivity index (χ0n) is 27.6. The Kier molecular flexibility index (Phi) is 6.14. The summed E-state index contributed by atoms with van der Waals surface area (Å²) in [5, 5.41) is 5.22. The van der Waals surface area contributed by atoms with E-state index in [4.69, 9.17) is 0 Å². The first-order valence-electron chi connectivity index (χ1n) is 17.4. The molecule has 51 heavy (non-hydrogen) atoms. The molecule has 0 saturated carbocycles. The molecule has 3 heteroatoms. The Hall–Kier alpha value is -6.16. The van der Waals surface area contributed by atoms with Gasteiger partial charge < -0.3 is 4.40 Å². The van der Waals surface area contributed by atoms with Gasteiger partial charge in [0.2, 0.25) is 0 Å². The summed E-state index contributed by atoms with van der Waals surface area (Å²) in [5.41, 5.74) is 13.4. The summed E-state index contributed by atoms with van der Waals surface area (Å²) in [5.74, 6) is 0. The molecule has 1 aliphatic rings. The van der Waals surface area contributed by atoms with Crippen LogP contribution in [-0.2, 0) is 5.41 Å². The van der Waals surface area contributed by atoms with E-state index in [-0.39, 0.29) is 0 Å². The predicted octanol–water partition coefficient (Wildman–Crippen LogP) is 12.4. The third-order valence-electron chi connectivity index (χ3n) is 11.0. The Morgan fingerprint density at radius 2 is 1.04 bits per heavy atom. The number of fused-ring (bicyclic) bond motifs is 9. The standard InChI is InChI=1S/C48H30N2S/c1-3-11-33(12-4-1)48(34-13-5-2-6-14-34)43-25-26-49-30-42(43)37-24-23-36(29-44(37)48)51-35-21-19-31(20-22-35)32-27-40-38-15-7-9-17-45(38)50-46-18-10-8-16-39(46)41(28-32)47(40)50/h1-30H. The maximum Gasteiger partial charge on any atom is 0.0715 e. The zero-order chi connectivity index (χ0) is 33.5. The number of benzene rings is 7. The van der Waals surface area contributed by atoms with Crippen molar-refractivity contribution in [3.63, 3.8) is 0 Å². The first-order chi connectivity index (χ1) is 25.3. The molecule has 7 aromatic carbocycles. The Morgan fingerprint density at radius 3 is 1.69 bits per heavy atom. The molecule has 0 fully saturated rings. The molecular weight excluding hydrogens is 637 g/mol. The second-order valence-electron chi connectivity index (χ2n) is 13.5. The van der Waals surface area contributed by atoms with Crippen molar-refractivity contribution in [3.05, 3.63) is 205 Å². The summed E-state index contributed by atoms with van der Waals surface area (Å²) in [4.78, 5) is 7.01. The van der Waals surface area contributed by atoms with Crippen molar-refractivity contribution in [2.45, 2.75) is 15.2 Å². The van der Waals surface area contributed by atoms with Crippen molar-refractivity contribution in [3.8, 4) is 22.3 Å². The van der Waals surface area contributed by atoms with Gasteiger partial charge in [-0.05, 0) is 93.5 Å². The molecule has 0 unspecified atom stereocenters. The molecular formula is C48H30N2S. The normalized spacial score (nSPS) is 13.3. The van der Waals surface area contributed by atoms with Crippen molar-refractivity contribution >= 4 is 49.9 Å². The number of aromatic nitrogens is 2. The van der Waals surface area contributed by atoms with Gasteiger partial charge in [0.1, 0.15) is 0 Å². The van der Waals surface area contributed by atoms with Crippen molar-refractivity contribution in [2.75, 3.05) is 0 Å². The average Bonchev–Trinajstić information content (AvgIpc) is 3.82. The van der Waals surface area contributed by atoms with Gasteiger partial charge in [-0.1, -0.05) is 127 Å². The summed E-state index contributed by atoms with van der Waals surface area (Å²) >= 11 is 1.82. The molecule has 3 heterocycles. The lowest BCUT2D eigenvalue weighted by molar-refractivity contribution is 0.764. The summed E-state index contributed by atoms with van der Waals surface area (Å²) in [6.45, 7) is 0. The molecule has 3 aromatic heterocycles. The molecule has 0 saturated heterocycles. The lowest BCUT2D eigenvalue weighted by Crippen LogP contribution is -2.28. The second kappa shape index (κ2) is 10.9. The quantitative estimate of drug-likeness (QED) is 0.182. The molecule has 1 aliphatic carbocycles. The minimum atomic E-state index is -0.432. The first-order valence-corrected chi connectivity index (χ1v) is 18.3. The molecule has 0 bridgehead atoms. The van der Waals surface area contributed by atoms with Gasteiger partial charge >= 0.3 is 0 Å². The minimum Gasteiger partial charge on any atom is -0.308 e. The Morgan fingerprint density at radius 1 is 0.451 bits per heavy atom. The summed E-state index contributed by atoms with van der Waals surface area (Å²) in [6, 6.07) is 62.5. The number of hydrogen-bond donors (Lipinski definition) is 0. The van der Waals surface area contributed by atoms with Crippen LogP contribution in [0.3, 0.4) is 0 Å². The van der Waals surface area contributed by atoms with E-state index >= 15 is 0 Å². The van der Waals surface area contributed by atoms with Crippen LogP contribution in [0.25, 0.3) is 60.3 Å². The lowest BCUT2D eigenvalue weighted by Gasteiger charge is -2.33. The Labute approximate surface area is 300 Å². The lowest BCUT2D eigenvalue weighted by atomic mass is 9.68. The topological polar surface area (TPSA) is 17.3 Å². The number of para-hydroxylation sites is 2. The largest absolute Gasteiger partial charge is 0.308 e. The third-order valence-corrected chi connectivity index (χ3v) is 11.9. The van der Waals surface area contributed by atoms with Crippen LogP contribution in [0.15, 0.2) is 192 Å². The van der Waals surface area contributed by atoms with Crippen LogP contribution in [0, 0.1) is 0 Å². The van der Waals surface area contributed by atoms with Crippen LogP contribution in [0.5, 0.6) is 0 Å². The molecule has 0 N–H and O–H groups in total. The molecule has 0 amide bonds. The van der Waals surface area contributed by atoms with Gasteiger partial charge in [-0.15, -0.1) is 0 Å². The minimum absolute atomic E-state index is 0.432. The highest BCUT2D eigenvalue weighted by molar-refractivity contribution is 7.99. The van der Waals surface area contributed by atoms with Gasteiger partial charge in [0.25, 0.3) is 0 Å². The van der Waals surface area contributed by atoms with E-state index < -0.39 is 5.41 Å². The maximum atomic E-state index is 4.58. The second-order valence-corrected chi connectivity index (χ2v) is 14.7. The van der Waals surface area contributed by atoms with Gasteiger partial charge in [-0.3, -0.25) is 4.98 Å². The summed E-state index contributed by atoms with van der Waals surface area (Å²) < 4.78 is 2.44. The fourth-order valence-corrected chi connectivity index (χ4v) is 9.70. The third kappa shape index (κ3) is 4.04. The SMILES string of the molecule is c1ccc(C2(c3ccccc3)c3ccncc3-c3ccc(Sc4ccc(-c5cc6c7ccccc7n7c8ccccc8c(c5)c67)cc4)cc32)cc1. The van der Waals surface area contributed by atoms with Gasteiger partial charge in [0.05, 0.1) is 22.0 Å². The van der Waals surface area contributed by atoms with E-state index in [1.54, 1.807) is 0 Å². The van der Waals surface area contributed by atoms with Crippen LogP contribution >= 0.6 is 11.8 Å². The molecule has 0 radical (unpaired) electrons. The van der Waals surface area contributed by atoms with Crippen LogP contribution in [0.1, 0.15) is 22.3 Å². The average molecular weight is 667 g/mol. The van der Waals surface area contributed by atoms with E-state index in [0.29, 0.717) is 0 Å². The van der Waals surface area contributed by atoms with E-state index in [0.717, 1.165) is 0 Å². The highest BCUT2D eigenvalue weighted by atomic mass is 32.2. The smallest absolute Gasteiger partial charge is 0.0715 e. The fraction of sp³-hybridized carbons (Fsp3) is 0.0208. The molecule has 0 aliphatic heterocycles. The van der Waals surface area contributed by atoms with Crippen LogP contribution in [0.4, 0.5) is 0 Å². The van der Waals surface area contributed by atoms with Crippen molar-refractivity contribution in [1.82, 2.24) is 9.38 Å². The first kappa shape index (κ1) is 28.7. The van der Waals surface area contributed by atoms with Gasteiger partial charge in [0.15, 0.2) is 0 Å². The van der Waals surface area contributed by atoms with Crippen molar-refractivity contribution < 1.29 is 0 Å². The summed E-state index contributed by atoms with van der Waals surface area (Å²) in [7, 11) is 0. The predicted molar refractivity (Wildman–Crippen MR) is 212 cm³/mol.